The summed E-state index contributed by atoms with van der Waals surface area (Å²) in [7, 11) is -4.32. The topological polar surface area (TPSA) is 80.8 Å². The van der Waals surface area contributed by atoms with E-state index in [4.69, 9.17) is 4.74 Å². The first-order valence-corrected chi connectivity index (χ1v) is 11.5. The summed E-state index contributed by atoms with van der Waals surface area (Å²) >= 11 is 0. The summed E-state index contributed by atoms with van der Waals surface area (Å²) in [6.45, 7) is 1.56. The monoisotopic (exact) mass is 511 g/mol. The van der Waals surface area contributed by atoms with Crippen LogP contribution in [0.1, 0.15) is 40.4 Å². The number of amides is 1. The number of carbonyl (C=O) groups is 2. The largest absolute Gasteiger partial charge is 0.462 e. The van der Waals surface area contributed by atoms with Crippen molar-refractivity contribution in [2.75, 3.05) is 17.2 Å². The Labute approximate surface area is 191 Å². The summed E-state index contributed by atoms with van der Waals surface area (Å²) in [5.41, 5.74) is -3.89. The molecule has 186 valence electrons. The second-order valence-corrected chi connectivity index (χ2v) is 8.89. The molecule has 0 fully saturated rings. The third-order valence-electron chi connectivity index (χ3n) is 4.50. The Balaban J connectivity index is 2.41. The van der Waals surface area contributed by atoms with Crippen LogP contribution >= 0.6 is 0 Å². The molecule has 0 heterocycles. The minimum Gasteiger partial charge on any atom is -0.462 e. The van der Waals surface area contributed by atoms with Crippen molar-refractivity contribution >= 4 is 27.6 Å². The number of sulfonamides is 1. The molecule has 0 atom stereocenters. The second kappa shape index (κ2) is 10.0. The summed E-state index contributed by atoms with van der Waals surface area (Å²) in [6.07, 6.45) is -10.9. The number of ether oxygens (including phenoxy) is 1. The SMILES string of the molecule is CCOC(=O)c1cccc(N(C(=O)CCc2cc(C(F)(F)F)ccc2C(F)(F)F)S(C)(=O)=O)c1. The van der Waals surface area contributed by atoms with Crippen LogP contribution in [-0.2, 0) is 38.3 Å². The lowest BCUT2D eigenvalue weighted by atomic mass is 9.99. The van der Waals surface area contributed by atoms with E-state index in [9.17, 15) is 44.3 Å². The zero-order valence-corrected chi connectivity index (χ0v) is 18.6. The molecular weight excluding hydrogens is 492 g/mol. The van der Waals surface area contributed by atoms with Crippen LogP contribution < -0.4 is 4.31 Å². The first kappa shape index (κ1) is 27.2. The number of rotatable bonds is 7. The lowest BCUT2D eigenvalue weighted by molar-refractivity contribution is -0.141. The van der Waals surface area contributed by atoms with E-state index in [1.54, 1.807) is 0 Å². The number of alkyl halides is 6. The molecule has 1 amide bonds. The smallest absolute Gasteiger partial charge is 0.416 e. The molecule has 0 aliphatic rings. The molecule has 2 rings (SSSR count). The van der Waals surface area contributed by atoms with Gasteiger partial charge in [-0.25, -0.2) is 17.5 Å². The number of anilines is 1. The van der Waals surface area contributed by atoms with Gasteiger partial charge in [0.2, 0.25) is 15.9 Å². The Morgan fingerprint density at radius 1 is 0.971 bits per heavy atom. The Morgan fingerprint density at radius 2 is 1.62 bits per heavy atom. The maximum absolute atomic E-state index is 13.3. The number of aryl methyl sites for hydroxylation is 1. The third-order valence-corrected chi connectivity index (χ3v) is 5.57. The van der Waals surface area contributed by atoms with Crippen molar-refractivity contribution in [2.24, 2.45) is 0 Å². The highest BCUT2D eigenvalue weighted by atomic mass is 32.2. The van der Waals surface area contributed by atoms with Crippen molar-refractivity contribution in [3.63, 3.8) is 0 Å². The Morgan fingerprint density at radius 3 is 2.15 bits per heavy atom. The highest BCUT2D eigenvalue weighted by Crippen LogP contribution is 2.37. The van der Waals surface area contributed by atoms with Crippen molar-refractivity contribution in [3.05, 3.63) is 64.7 Å². The standard InChI is InChI=1S/C21H19F6NO5S/c1-3-33-19(30)14-5-4-6-16(12-14)28(34(2,31)32)18(29)10-7-13-11-15(20(22,23)24)8-9-17(13)21(25,26)27/h4-6,8-9,11-12H,3,7,10H2,1-2H3. The zero-order chi connectivity index (χ0) is 25.9. The number of hydrogen-bond acceptors (Lipinski definition) is 5. The lowest BCUT2D eigenvalue weighted by Gasteiger charge is -2.22. The molecule has 0 spiro atoms. The summed E-state index contributed by atoms with van der Waals surface area (Å²) in [6, 6.07) is 5.60. The molecule has 2 aromatic carbocycles. The van der Waals surface area contributed by atoms with Gasteiger partial charge in [0, 0.05) is 6.42 Å². The van der Waals surface area contributed by atoms with Crippen LogP contribution in [0.2, 0.25) is 0 Å². The van der Waals surface area contributed by atoms with E-state index in [-0.39, 0.29) is 40.4 Å². The van der Waals surface area contributed by atoms with Gasteiger partial charge >= 0.3 is 18.3 Å². The molecule has 0 aliphatic carbocycles. The quantitative estimate of drug-likeness (QED) is 0.393. The normalized spacial score (nSPS) is 12.4. The van der Waals surface area contributed by atoms with E-state index in [1.807, 2.05) is 0 Å². The number of halogens is 6. The van der Waals surface area contributed by atoms with Gasteiger partial charge in [0.15, 0.2) is 0 Å². The van der Waals surface area contributed by atoms with Gasteiger partial charge in [-0.3, -0.25) is 4.79 Å². The van der Waals surface area contributed by atoms with Crippen LogP contribution in [0.5, 0.6) is 0 Å². The maximum Gasteiger partial charge on any atom is 0.416 e. The van der Waals surface area contributed by atoms with Crippen LogP contribution in [0, 0.1) is 0 Å². The summed E-state index contributed by atoms with van der Waals surface area (Å²) in [5, 5.41) is 0. The molecule has 0 saturated heterocycles. The fourth-order valence-corrected chi connectivity index (χ4v) is 4.05. The first-order chi connectivity index (χ1) is 15.6. The van der Waals surface area contributed by atoms with E-state index >= 15 is 0 Å². The maximum atomic E-state index is 13.3. The van der Waals surface area contributed by atoms with Gasteiger partial charge in [-0.15, -0.1) is 0 Å². The molecule has 13 heteroatoms. The Kier molecular flexibility index (Phi) is 8.02. The van der Waals surface area contributed by atoms with E-state index in [1.165, 1.54) is 25.1 Å². The predicted octanol–water partition coefficient (Wildman–Crippen LogP) is 4.83. The number of benzene rings is 2. The van der Waals surface area contributed by atoms with E-state index in [2.05, 4.69) is 0 Å². The van der Waals surface area contributed by atoms with Gasteiger partial charge in [-0.1, -0.05) is 6.07 Å². The molecule has 0 aliphatic heterocycles. The zero-order valence-electron chi connectivity index (χ0n) is 17.8. The van der Waals surface area contributed by atoms with E-state index < -0.39 is 63.8 Å². The Bertz CT molecular complexity index is 1170. The molecule has 0 aromatic heterocycles. The van der Waals surface area contributed by atoms with Crippen molar-refractivity contribution in [3.8, 4) is 0 Å². The van der Waals surface area contributed by atoms with Crippen molar-refractivity contribution in [2.45, 2.75) is 32.1 Å². The van der Waals surface area contributed by atoms with E-state index in [0.29, 0.717) is 6.26 Å². The highest BCUT2D eigenvalue weighted by Gasteiger charge is 2.37. The molecule has 6 nitrogen and oxygen atoms in total. The lowest BCUT2D eigenvalue weighted by Crippen LogP contribution is -2.36. The number of esters is 1. The van der Waals surface area contributed by atoms with Gasteiger partial charge < -0.3 is 4.74 Å². The number of hydrogen-bond donors (Lipinski definition) is 0. The van der Waals surface area contributed by atoms with Gasteiger partial charge in [-0.05, 0) is 55.3 Å². The van der Waals surface area contributed by atoms with Crippen molar-refractivity contribution < 1.29 is 49.1 Å². The first-order valence-electron chi connectivity index (χ1n) is 9.63. The summed E-state index contributed by atoms with van der Waals surface area (Å²) in [4.78, 5) is 24.7. The molecule has 0 saturated carbocycles. The summed E-state index contributed by atoms with van der Waals surface area (Å²) in [5.74, 6) is -2.00. The minimum absolute atomic E-state index is 0.0241. The van der Waals surface area contributed by atoms with Crippen LogP contribution in [0.3, 0.4) is 0 Å². The van der Waals surface area contributed by atoms with Crippen molar-refractivity contribution in [1.29, 1.82) is 0 Å². The Hall–Kier alpha value is -3.09. The van der Waals surface area contributed by atoms with Crippen LogP contribution in [-0.4, -0.2) is 33.2 Å². The predicted molar refractivity (Wildman–Crippen MR) is 109 cm³/mol. The molecule has 2 aromatic rings. The van der Waals surface area contributed by atoms with Crippen LogP contribution in [0.25, 0.3) is 0 Å². The van der Waals surface area contributed by atoms with Gasteiger partial charge in [0.05, 0.1) is 35.2 Å². The molecule has 0 N–H and O–H groups in total. The van der Waals surface area contributed by atoms with Crippen molar-refractivity contribution in [1.82, 2.24) is 0 Å². The van der Waals surface area contributed by atoms with Crippen LogP contribution in [0.4, 0.5) is 32.0 Å². The minimum atomic E-state index is -4.99. The number of nitrogens with zero attached hydrogens (tertiary/aromatic N) is 1. The summed E-state index contributed by atoms with van der Waals surface area (Å²) < 4.78 is 108. The average molecular weight is 511 g/mol. The molecule has 0 radical (unpaired) electrons. The molecule has 34 heavy (non-hydrogen) atoms. The molecule has 0 bridgehead atoms. The molecular formula is C21H19F6NO5S. The van der Waals surface area contributed by atoms with Crippen LogP contribution in [0.15, 0.2) is 42.5 Å². The second-order valence-electron chi connectivity index (χ2n) is 7.06. The van der Waals surface area contributed by atoms with Gasteiger partial charge in [-0.2, -0.15) is 26.3 Å². The average Bonchev–Trinajstić information content (AvgIpc) is 2.70. The highest BCUT2D eigenvalue weighted by molar-refractivity contribution is 7.92. The fraction of sp³-hybridized carbons (Fsp3) is 0.333. The van der Waals surface area contributed by atoms with Gasteiger partial charge in [0.1, 0.15) is 0 Å². The molecule has 0 unspecified atom stereocenters. The fourth-order valence-electron chi connectivity index (χ4n) is 3.09. The van der Waals surface area contributed by atoms with E-state index in [0.717, 1.165) is 6.07 Å². The van der Waals surface area contributed by atoms with Gasteiger partial charge in [0.25, 0.3) is 0 Å². The third kappa shape index (κ3) is 6.72. The number of carbonyl (C=O) groups excluding carboxylic acids is 2.